The topological polar surface area (TPSA) is 90.0 Å². The summed E-state index contributed by atoms with van der Waals surface area (Å²) in [5.41, 5.74) is 0. The molecule has 0 aromatic rings. The fourth-order valence-corrected chi connectivity index (χ4v) is 32.9. The Bertz CT molecular complexity index is 909. The molecule has 11 heteroatoms. The summed E-state index contributed by atoms with van der Waals surface area (Å²) in [7, 11) is 0. The fourth-order valence-electron chi connectivity index (χ4n) is 6.19. The molecule has 0 radical (unpaired) electrons. The van der Waals surface area contributed by atoms with Crippen LogP contribution in [0.5, 0.6) is 0 Å². The molecule has 0 aromatic heterocycles. The van der Waals surface area contributed by atoms with Crippen LogP contribution in [0.15, 0.2) is 10.1 Å². The van der Waals surface area contributed by atoms with Crippen LogP contribution in [-0.4, -0.2) is 72.3 Å². The second-order valence-electron chi connectivity index (χ2n) is 12.9. The zero-order valence-electron chi connectivity index (χ0n) is 29.1. The van der Waals surface area contributed by atoms with Crippen molar-refractivity contribution in [1.82, 2.24) is 4.90 Å². The first-order valence-corrected chi connectivity index (χ1v) is 33.1. The molecule has 0 saturated carbocycles. The summed E-state index contributed by atoms with van der Waals surface area (Å²) in [6.07, 6.45) is 13.1. The van der Waals surface area contributed by atoms with E-state index in [0.29, 0.717) is 6.42 Å². The van der Waals surface area contributed by atoms with Gasteiger partial charge < -0.3 is 0 Å². The van der Waals surface area contributed by atoms with Gasteiger partial charge in [-0.2, -0.15) is 0 Å². The molecule has 0 fully saturated rings. The Labute approximate surface area is 293 Å². The Morgan fingerprint density at radius 1 is 0.600 bits per heavy atom. The Morgan fingerprint density at radius 3 is 1.27 bits per heavy atom. The van der Waals surface area contributed by atoms with Crippen LogP contribution < -0.4 is 0 Å². The van der Waals surface area contributed by atoms with Crippen molar-refractivity contribution in [2.45, 2.75) is 171 Å². The van der Waals surface area contributed by atoms with Crippen molar-refractivity contribution >= 4 is 84.5 Å². The molecule has 0 saturated heterocycles. The average molecular weight is 888 g/mol. The van der Waals surface area contributed by atoms with E-state index in [1.54, 1.807) is 0 Å². The predicted molar refractivity (Wildman–Crippen MR) is 190 cm³/mol. The molecule has 2 amide bonds. The molecule has 1 unspecified atom stereocenters. The van der Waals surface area contributed by atoms with Gasteiger partial charge in [-0.05, 0) is 0 Å². The van der Waals surface area contributed by atoms with Crippen molar-refractivity contribution in [2.75, 3.05) is 0 Å². The third kappa shape index (κ3) is 14.2. The summed E-state index contributed by atoms with van der Waals surface area (Å²) in [5.74, 6) is -2.30. The molecule has 260 valence electrons. The van der Waals surface area contributed by atoms with E-state index < -0.39 is 61.4 Å². The van der Waals surface area contributed by atoms with Crippen LogP contribution in [0, 0.1) is 0 Å². The molecule has 1 aliphatic heterocycles. The van der Waals surface area contributed by atoms with Crippen LogP contribution in [0.3, 0.4) is 0 Å². The van der Waals surface area contributed by atoms with Gasteiger partial charge in [0.2, 0.25) is 0 Å². The van der Waals surface area contributed by atoms with E-state index in [1.165, 1.54) is 0 Å². The average Bonchev–Trinajstić information content (AvgIpc) is 3.22. The van der Waals surface area contributed by atoms with Crippen LogP contribution in [0.1, 0.15) is 138 Å². The first kappa shape index (κ1) is 43.0. The van der Waals surface area contributed by atoms with Gasteiger partial charge in [-0.1, -0.05) is 0 Å². The van der Waals surface area contributed by atoms with Crippen LogP contribution in [0.4, 0.5) is 0 Å². The molecule has 45 heavy (non-hydrogen) atoms. The maximum absolute atomic E-state index is 14.1. The second kappa shape index (κ2) is 23.4. The summed E-state index contributed by atoms with van der Waals surface area (Å²) in [5, 5.41) is -0.753. The zero-order chi connectivity index (χ0) is 33.9. The molecule has 7 nitrogen and oxygen atoms in total. The van der Waals surface area contributed by atoms with E-state index in [0.717, 1.165) is 109 Å². The van der Waals surface area contributed by atoms with Gasteiger partial charge in [-0.3, -0.25) is 0 Å². The number of rotatable bonds is 26. The van der Waals surface area contributed by atoms with E-state index >= 15 is 0 Å². The van der Waals surface area contributed by atoms with Gasteiger partial charge in [0.15, 0.2) is 0 Å². The van der Waals surface area contributed by atoms with Crippen molar-refractivity contribution in [1.29, 1.82) is 0 Å². The predicted octanol–water partition coefficient (Wildman–Crippen LogP) is 10.4. The number of imide groups is 1. The Morgan fingerprint density at radius 2 is 0.933 bits per heavy atom. The van der Waals surface area contributed by atoms with E-state index in [2.05, 4.69) is 41.5 Å². The van der Waals surface area contributed by atoms with E-state index in [1.807, 2.05) is 0 Å². The molecule has 1 rings (SSSR count). The molecular formula is C34H61Cl2NO6Sn2. The molecule has 1 atom stereocenters. The zero-order valence-corrected chi connectivity index (χ0v) is 36.3. The van der Waals surface area contributed by atoms with Crippen molar-refractivity contribution in [3.8, 4) is 0 Å². The third-order valence-electron chi connectivity index (χ3n) is 9.01. The molecule has 0 aliphatic carbocycles. The molecule has 0 N–H and O–H groups in total. The maximum atomic E-state index is 14.1. The SMILES string of the molecule is CCC[CH2][Sn]([CH2]CCC)([CH2]CCC)[O]C(=O)CCCC(C(=O)[O][Sn]([CH2]CCC)([CH2]CCC)[CH2]CCC)N1C(=O)C(Cl)=C(Cl)C1=O. The van der Waals surface area contributed by atoms with Gasteiger partial charge in [0.05, 0.1) is 0 Å². The molecule has 0 spiro atoms. The van der Waals surface area contributed by atoms with Crippen molar-refractivity contribution in [3.63, 3.8) is 0 Å². The molecule has 0 aromatic carbocycles. The summed E-state index contributed by atoms with van der Waals surface area (Å²) in [6.45, 7) is 13.0. The number of unbranched alkanes of at least 4 members (excludes halogenated alkanes) is 6. The Kier molecular flexibility index (Phi) is 22.3. The van der Waals surface area contributed by atoms with Crippen LogP contribution in [-0.2, 0) is 25.3 Å². The second-order valence-corrected chi connectivity index (χ2v) is 36.9. The molecule has 1 heterocycles. The van der Waals surface area contributed by atoms with Gasteiger partial charge >= 0.3 is 295 Å². The van der Waals surface area contributed by atoms with E-state index in [4.69, 9.17) is 29.4 Å². The Balaban J connectivity index is 3.25. The van der Waals surface area contributed by atoms with Crippen molar-refractivity contribution < 1.29 is 25.3 Å². The molecular weight excluding hydrogens is 827 g/mol. The fraction of sp³-hybridized carbons (Fsp3) is 0.824. The summed E-state index contributed by atoms with van der Waals surface area (Å²) >= 11 is 5.60. The number of hydrogen-bond donors (Lipinski definition) is 0. The van der Waals surface area contributed by atoms with Gasteiger partial charge in [-0.15, -0.1) is 0 Å². The third-order valence-corrected chi connectivity index (χ3v) is 35.2. The monoisotopic (exact) mass is 889 g/mol. The van der Waals surface area contributed by atoms with E-state index in [9.17, 15) is 19.2 Å². The van der Waals surface area contributed by atoms with Crippen molar-refractivity contribution in [2.24, 2.45) is 0 Å². The van der Waals surface area contributed by atoms with Gasteiger partial charge in [-0.25, -0.2) is 0 Å². The van der Waals surface area contributed by atoms with Gasteiger partial charge in [0, 0.05) is 0 Å². The molecule has 1 aliphatic rings. The van der Waals surface area contributed by atoms with Crippen LogP contribution in [0.25, 0.3) is 0 Å². The van der Waals surface area contributed by atoms with E-state index in [-0.39, 0.29) is 28.9 Å². The van der Waals surface area contributed by atoms with Gasteiger partial charge in [0.1, 0.15) is 0 Å². The van der Waals surface area contributed by atoms with Gasteiger partial charge in [0.25, 0.3) is 0 Å². The summed E-state index contributed by atoms with van der Waals surface area (Å²) < 4.78 is 19.0. The van der Waals surface area contributed by atoms with Crippen LogP contribution >= 0.6 is 23.2 Å². The van der Waals surface area contributed by atoms with Crippen LogP contribution in [0.2, 0.25) is 26.6 Å². The molecule has 0 bridgehead atoms. The number of halogens is 2. The summed E-state index contributed by atoms with van der Waals surface area (Å²) in [4.78, 5) is 54.5. The first-order valence-electron chi connectivity index (χ1n) is 17.9. The Hall–Kier alpha value is -0.00260. The summed E-state index contributed by atoms with van der Waals surface area (Å²) in [6, 6.07) is -1.17. The standard InChI is InChI=1S/C10H9Cl2NO6.6C4H9.2Sn/c11-6-7(12)9(17)13(8(6)16)4(10(18)19)2-1-3-5(14)15;6*1-3-4-2;;/h4H,1-3H2,(H,14,15)(H,18,19);6*1,3-4H2,2H3;;/q;;;;;;;2*+1/p-2. The quantitative estimate of drug-likeness (QED) is 0.0635. The number of carbonyl (C=O) groups excluding carboxylic acids is 4. The minimum absolute atomic E-state index is 0.110. The minimum atomic E-state index is -3.45. The number of hydrogen-bond acceptors (Lipinski definition) is 6. The number of carbonyl (C=O) groups is 4. The number of nitrogens with zero attached hydrogens (tertiary/aromatic N) is 1. The number of amides is 2. The normalized spacial score (nSPS) is 14.8. The van der Waals surface area contributed by atoms with Crippen molar-refractivity contribution in [3.05, 3.63) is 10.1 Å². The first-order chi connectivity index (χ1) is 21.5.